The molecule has 0 bridgehead atoms. The maximum Gasteiger partial charge on any atom is 0.317 e. The largest absolute Gasteiger partial charge is 0.393 e. The molecule has 0 unspecified atom stereocenters. The van der Waals surface area contributed by atoms with Crippen LogP contribution in [0.5, 0.6) is 0 Å². The van der Waals surface area contributed by atoms with E-state index in [0.717, 1.165) is 12.8 Å². The van der Waals surface area contributed by atoms with Crippen LogP contribution < -0.4 is 0 Å². The summed E-state index contributed by atoms with van der Waals surface area (Å²) in [5.74, 6) is -0.903. The normalized spacial score (nSPS) is 10.5. The lowest BCUT2D eigenvalue weighted by molar-refractivity contribution is -0.159. The van der Waals surface area contributed by atoms with Gasteiger partial charge < -0.3 is 4.74 Å². The molecule has 0 heterocycles. The fourth-order valence-electron chi connectivity index (χ4n) is 2.62. The quantitative estimate of drug-likeness (QED) is 0.149. The number of rotatable bonds is 16. The molecule has 0 spiro atoms. The van der Waals surface area contributed by atoms with Crippen molar-refractivity contribution in [1.29, 1.82) is 0 Å². The number of hydrogen-bond donors (Lipinski definition) is 0. The molecule has 0 aliphatic rings. The van der Waals surface area contributed by atoms with Crippen molar-refractivity contribution in [3.8, 4) is 0 Å². The van der Waals surface area contributed by atoms with Gasteiger partial charge in [-0.15, -0.1) is 6.58 Å². The Morgan fingerprint density at radius 3 is 1.61 bits per heavy atom. The number of carbonyl (C=O) groups is 2. The molecule has 0 amide bonds. The summed E-state index contributed by atoms with van der Waals surface area (Å²) in [6.07, 6.45) is 18.5. The predicted molar refractivity (Wildman–Crippen MR) is 96.2 cm³/mol. The van der Waals surface area contributed by atoms with E-state index >= 15 is 0 Å². The highest BCUT2D eigenvalue weighted by Crippen LogP contribution is 2.13. The molecule has 0 aliphatic heterocycles. The van der Waals surface area contributed by atoms with Crippen LogP contribution in [0.3, 0.4) is 0 Å². The Balaban J connectivity index is 3.20. The second-order valence-corrected chi connectivity index (χ2v) is 6.33. The van der Waals surface area contributed by atoms with Crippen LogP contribution in [0.25, 0.3) is 0 Å². The average Bonchev–Trinajstić information content (AvgIpc) is 2.52. The third-order valence-electron chi connectivity index (χ3n) is 4.02. The molecule has 0 saturated heterocycles. The van der Waals surface area contributed by atoms with Crippen LogP contribution in [0.15, 0.2) is 12.7 Å². The summed E-state index contributed by atoms with van der Waals surface area (Å²) in [7, 11) is 0. The Hall–Kier alpha value is -1.12. The molecule has 0 aromatic carbocycles. The summed E-state index contributed by atoms with van der Waals surface area (Å²) in [5.41, 5.74) is 0. The number of hydrogen-bond acceptors (Lipinski definition) is 3. The number of unbranched alkanes of at least 4 members (excludes halogenated alkanes) is 12. The zero-order chi connectivity index (χ0) is 17.2. The minimum atomic E-state index is -0.500. The molecule has 0 fully saturated rings. The van der Waals surface area contributed by atoms with E-state index in [0.29, 0.717) is 6.42 Å². The van der Waals surface area contributed by atoms with Crippen LogP contribution in [-0.2, 0) is 14.3 Å². The maximum absolute atomic E-state index is 11.4. The minimum Gasteiger partial charge on any atom is -0.393 e. The summed E-state index contributed by atoms with van der Waals surface area (Å²) >= 11 is 0. The van der Waals surface area contributed by atoms with Crippen LogP contribution >= 0.6 is 0 Å². The topological polar surface area (TPSA) is 43.4 Å². The SMILES string of the molecule is C=CCC(=O)OC(=O)CCCCCCCCCCCCCCC. The van der Waals surface area contributed by atoms with E-state index in [-0.39, 0.29) is 6.42 Å². The van der Waals surface area contributed by atoms with E-state index in [1.54, 1.807) is 0 Å². The van der Waals surface area contributed by atoms with Crippen molar-refractivity contribution in [1.82, 2.24) is 0 Å². The summed E-state index contributed by atoms with van der Waals surface area (Å²) in [6, 6.07) is 0. The van der Waals surface area contributed by atoms with Crippen molar-refractivity contribution in [2.45, 2.75) is 103 Å². The Morgan fingerprint density at radius 1 is 0.739 bits per heavy atom. The van der Waals surface area contributed by atoms with E-state index in [2.05, 4.69) is 18.2 Å². The first-order valence-electron chi connectivity index (χ1n) is 9.55. The molecular formula is C20H36O3. The van der Waals surface area contributed by atoms with Crippen molar-refractivity contribution in [3.05, 3.63) is 12.7 Å². The van der Waals surface area contributed by atoms with Crippen molar-refractivity contribution in [2.75, 3.05) is 0 Å². The molecule has 0 N–H and O–H groups in total. The molecule has 3 nitrogen and oxygen atoms in total. The third-order valence-corrected chi connectivity index (χ3v) is 4.02. The smallest absolute Gasteiger partial charge is 0.317 e. The van der Waals surface area contributed by atoms with E-state index in [9.17, 15) is 9.59 Å². The molecule has 3 heteroatoms. The molecule has 0 aliphatic carbocycles. The first-order valence-corrected chi connectivity index (χ1v) is 9.55. The van der Waals surface area contributed by atoms with Crippen LogP contribution in [0.2, 0.25) is 0 Å². The Labute approximate surface area is 142 Å². The van der Waals surface area contributed by atoms with E-state index in [4.69, 9.17) is 0 Å². The predicted octanol–water partition coefficient (Wildman–Crippen LogP) is 6.11. The van der Waals surface area contributed by atoms with Crippen molar-refractivity contribution in [2.24, 2.45) is 0 Å². The lowest BCUT2D eigenvalue weighted by atomic mass is 10.0. The fourth-order valence-corrected chi connectivity index (χ4v) is 2.62. The Kier molecular flexibility index (Phi) is 16.4. The lowest BCUT2D eigenvalue weighted by Gasteiger charge is -2.03. The fraction of sp³-hybridized carbons (Fsp3) is 0.800. The molecule has 134 valence electrons. The maximum atomic E-state index is 11.4. The van der Waals surface area contributed by atoms with Crippen molar-refractivity contribution >= 4 is 11.9 Å². The molecule has 0 atom stereocenters. The van der Waals surface area contributed by atoms with Gasteiger partial charge in [0.15, 0.2) is 0 Å². The van der Waals surface area contributed by atoms with Gasteiger partial charge in [-0.2, -0.15) is 0 Å². The molecule has 0 rings (SSSR count). The van der Waals surface area contributed by atoms with Gasteiger partial charge in [0.2, 0.25) is 0 Å². The summed E-state index contributed by atoms with van der Waals surface area (Å²) < 4.78 is 4.65. The van der Waals surface area contributed by atoms with Gasteiger partial charge >= 0.3 is 11.9 Å². The monoisotopic (exact) mass is 324 g/mol. The van der Waals surface area contributed by atoms with Gasteiger partial charge in [0.25, 0.3) is 0 Å². The average molecular weight is 325 g/mol. The second-order valence-electron chi connectivity index (χ2n) is 6.33. The zero-order valence-electron chi connectivity index (χ0n) is 15.1. The standard InChI is InChI=1S/C20H36O3/c1-3-5-6-7-8-9-10-11-12-13-14-15-16-18-20(22)23-19(21)17-4-2/h4H,2-3,5-18H2,1H3. The zero-order valence-corrected chi connectivity index (χ0v) is 15.1. The number of carbonyl (C=O) groups excluding carboxylic acids is 2. The highest BCUT2D eigenvalue weighted by Gasteiger charge is 2.08. The van der Waals surface area contributed by atoms with E-state index in [1.807, 2.05) is 0 Å². The van der Waals surface area contributed by atoms with E-state index in [1.165, 1.54) is 76.7 Å². The summed E-state index contributed by atoms with van der Waals surface area (Å²) in [5, 5.41) is 0. The van der Waals surface area contributed by atoms with Crippen LogP contribution in [0.4, 0.5) is 0 Å². The Bertz CT molecular complexity index is 310. The number of esters is 2. The number of ether oxygens (including phenoxy) is 1. The first kappa shape index (κ1) is 21.9. The van der Waals surface area contributed by atoms with Gasteiger partial charge in [0.05, 0.1) is 6.42 Å². The summed E-state index contributed by atoms with van der Waals surface area (Å²) in [6.45, 7) is 5.69. The molecule has 23 heavy (non-hydrogen) atoms. The van der Waals surface area contributed by atoms with Gasteiger partial charge in [-0.05, 0) is 6.42 Å². The minimum absolute atomic E-state index is 0.102. The second kappa shape index (κ2) is 17.2. The lowest BCUT2D eigenvalue weighted by Crippen LogP contribution is -2.10. The Morgan fingerprint density at radius 2 is 1.17 bits per heavy atom. The highest BCUT2D eigenvalue weighted by molar-refractivity contribution is 5.85. The third kappa shape index (κ3) is 17.1. The van der Waals surface area contributed by atoms with Gasteiger partial charge in [-0.1, -0.05) is 90.0 Å². The van der Waals surface area contributed by atoms with E-state index < -0.39 is 11.9 Å². The van der Waals surface area contributed by atoms with Crippen LogP contribution in [0, 0.1) is 0 Å². The van der Waals surface area contributed by atoms with Crippen LogP contribution in [0.1, 0.15) is 103 Å². The van der Waals surface area contributed by atoms with Gasteiger partial charge in [0.1, 0.15) is 0 Å². The molecule has 0 saturated carbocycles. The van der Waals surface area contributed by atoms with Gasteiger partial charge in [-0.25, -0.2) is 0 Å². The molecule has 0 radical (unpaired) electrons. The van der Waals surface area contributed by atoms with Gasteiger partial charge in [0, 0.05) is 6.42 Å². The van der Waals surface area contributed by atoms with Gasteiger partial charge in [-0.3, -0.25) is 9.59 Å². The highest BCUT2D eigenvalue weighted by atomic mass is 16.6. The van der Waals surface area contributed by atoms with Crippen molar-refractivity contribution < 1.29 is 14.3 Å². The molecule has 0 aromatic heterocycles. The van der Waals surface area contributed by atoms with Crippen molar-refractivity contribution in [3.63, 3.8) is 0 Å². The molecular weight excluding hydrogens is 288 g/mol. The summed E-state index contributed by atoms with van der Waals surface area (Å²) in [4.78, 5) is 22.4. The first-order chi connectivity index (χ1) is 11.2. The molecule has 0 aromatic rings. The van der Waals surface area contributed by atoms with Crippen LogP contribution in [-0.4, -0.2) is 11.9 Å².